The minimum absolute atomic E-state index is 0.174. The van der Waals surface area contributed by atoms with E-state index in [1.807, 2.05) is 30.3 Å². The van der Waals surface area contributed by atoms with E-state index in [0.29, 0.717) is 18.8 Å². The van der Waals surface area contributed by atoms with E-state index in [2.05, 4.69) is 12.6 Å². The highest BCUT2D eigenvalue weighted by molar-refractivity contribution is 5.43. The van der Waals surface area contributed by atoms with E-state index in [4.69, 9.17) is 9.78 Å². The van der Waals surface area contributed by atoms with Crippen LogP contribution in [0.15, 0.2) is 36.9 Å². The average Bonchev–Trinajstić information content (AvgIpc) is 2.40. The Labute approximate surface area is 101 Å². The van der Waals surface area contributed by atoms with E-state index < -0.39 is 0 Å². The molecule has 0 radical (unpaired) electrons. The molecule has 1 heterocycles. The summed E-state index contributed by atoms with van der Waals surface area (Å²) in [6.07, 6.45) is 3.51. The van der Waals surface area contributed by atoms with Gasteiger partial charge in [-0.3, -0.25) is 0 Å². The average molecular weight is 229 g/mol. The third-order valence-electron chi connectivity index (χ3n) is 3.24. The number of nitrogens with zero attached hydrogens (tertiary/aromatic N) is 1. The zero-order valence-electron chi connectivity index (χ0n) is 9.69. The Hall–Kier alpha value is -1.63. The fourth-order valence-electron chi connectivity index (χ4n) is 2.33. The second kappa shape index (κ2) is 5.13. The molecule has 0 bridgehead atoms. The van der Waals surface area contributed by atoms with Crippen molar-refractivity contribution in [2.24, 2.45) is 0 Å². The highest BCUT2D eigenvalue weighted by atomic mass is 17.2. The highest BCUT2D eigenvalue weighted by Gasteiger charge is 2.36. The van der Waals surface area contributed by atoms with Crippen LogP contribution in [0.3, 0.4) is 0 Å². The first kappa shape index (κ1) is 11.8. The maximum Gasteiger partial charge on any atom is 0.0994 e. The van der Waals surface area contributed by atoms with Crippen molar-refractivity contribution in [2.45, 2.75) is 18.3 Å². The first-order valence-electron chi connectivity index (χ1n) is 5.67. The Bertz CT molecular complexity index is 442. The van der Waals surface area contributed by atoms with Crippen LogP contribution in [0.25, 0.3) is 0 Å². The van der Waals surface area contributed by atoms with Gasteiger partial charge in [-0.25, -0.2) is 9.78 Å². The molecule has 1 aliphatic rings. The molecule has 88 valence electrons. The van der Waals surface area contributed by atoms with Gasteiger partial charge < -0.3 is 0 Å². The molecule has 0 saturated carbocycles. The van der Waals surface area contributed by atoms with Crippen molar-refractivity contribution in [3.05, 3.63) is 48.0 Å². The van der Waals surface area contributed by atoms with Gasteiger partial charge in [-0.05, 0) is 24.5 Å². The Balaban J connectivity index is 2.45. The molecule has 1 saturated heterocycles. The predicted molar refractivity (Wildman–Crippen MR) is 64.2 cm³/mol. The highest BCUT2D eigenvalue weighted by Crippen LogP contribution is 2.37. The van der Waals surface area contributed by atoms with Crippen molar-refractivity contribution in [2.75, 3.05) is 13.2 Å². The lowest BCUT2D eigenvalue weighted by Crippen LogP contribution is -2.37. The molecule has 0 spiro atoms. The minimum Gasteiger partial charge on any atom is -0.237 e. The zero-order chi connectivity index (χ0) is 12.1. The number of rotatable bonds is 3. The number of nitriles is 1. The van der Waals surface area contributed by atoms with Crippen LogP contribution >= 0.6 is 0 Å². The van der Waals surface area contributed by atoms with Crippen LogP contribution in [0.2, 0.25) is 0 Å². The van der Waals surface area contributed by atoms with Crippen molar-refractivity contribution >= 4 is 0 Å². The van der Waals surface area contributed by atoms with E-state index in [-0.39, 0.29) is 5.41 Å². The summed E-state index contributed by atoms with van der Waals surface area (Å²) in [6, 6.07) is 9.92. The van der Waals surface area contributed by atoms with Crippen LogP contribution in [0.5, 0.6) is 0 Å². The third kappa shape index (κ3) is 2.23. The van der Waals surface area contributed by atoms with E-state index >= 15 is 0 Å². The van der Waals surface area contributed by atoms with Crippen LogP contribution < -0.4 is 0 Å². The summed E-state index contributed by atoms with van der Waals surface area (Å²) in [7, 11) is 0. The number of hydrogen-bond acceptors (Lipinski definition) is 3. The molecule has 0 aliphatic carbocycles. The van der Waals surface area contributed by atoms with Crippen molar-refractivity contribution in [1.29, 1.82) is 5.26 Å². The number of benzene rings is 1. The molecule has 0 aromatic heterocycles. The summed E-state index contributed by atoms with van der Waals surface area (Å²) >= 11 is 0. The Morgan fingerprint density at radius 3 is 2.88 bits per heavy atom. The maximum atomic E-state index is 9.18. The van der Waals surface area contributed by atoms with Gasteiger partial charge in [0.1, 0.15) is 0 Å². The van der Waals surface area contributed by atoms with Crippen molar-refractivity contribution in [3.8, 4) is 6.07 Å². The molecule has 1 unspecified atom stereocenters. The van der Waals surface area contributed by atoms with E-state index in [9.17, 15) is 5.26 Å². The minimum atomic E-state index is -0.174. The van der Waals surface area contributed by atoms with Gasteiger partial charge in [0.05, 0.1) is 24.8 Å². The second-order valence-corrected chi connectivity index (χ2v) is 4.26. The summed E-state index contributed by atoms with van der Waals surface area (Å²) in [4.78, 5) is 10.1. The molecular weight excluding hydrogens is 214 g/mol. The largest absolute Gasteiger partial charge is 0.237 e. The molecule has 1 aliphatic heterocycles. The van der Waals surface area contributed by atoms with Gasteiger partial charge in [-0.15, -0.1) is 6.58 Å². The summed E-state index contributed by atoms with van der Waals surface area (Å²) in [5, 5.41) is 9.18. The SMILES string of the molecule is C=CCC1(c2ccccc2C#N)CCOOC1. The summed E-state index contributed by atoms with van der Waals surface area (Å²) in [6.45, 7) is 4.82. The fraction of sp³-hybridized carbons (Fsp3) is 0.357. The standard InChI is InChI=1S/C14H15NO2/c1-2-7-14(8-9-16-17-11-14)13-6-4-3-5-12(13)10-15/h2-6H,1,7-9,11H2. The first-order valence-corrected chi connectivity index (χ1v) is 5.67. The van der Waals surface area contributed by atoms with Crippen LogP contribution in [-0.2, 0) is 15.2 Å². The van der Waals surface area contributed by atoms with Gasteiger partial charge in [-0.1, -0.05) is 24.3 Å². The van der Waals surface area contributed by atoms with Gasteiger partial charge >= 0.3 is 0 Å². The molecule has 0 N–H and O–H groups in total. The molecular formula is C14H15NO2. The third-order valence-corrected chi connectivity index (χ3v) is 3.24. The summed E-state index contributed by atoms with van der Waals surface area (Å²) in [5.41, 5.74) is 1.57. The van der Waals surface area contributed by atoms with Crippen LogP contribution in [0, 0.1) is 11.3 Å². The molecule has 1 aromatic rings. The lowest BCUT2D eigenvalue weighted by atomic mass is 9.73. The molecule has 1 aromatic carbocycles. The van der Waals surface area contributed by atoms with Crippen LogP contribution in [0.4, 0.5) is 0 Å². The predicted octanol–water partition coefficient (Wildman–Crippen LogP) is 2.72. The maximum absolute atomic E-state index is 9.18. The molecule has 17 heavy (non-hydrogen) atoms. The van der Waals surface area contributed by atoms with Crippen LogP contribution in [-0.4, -0.2) is 13.2 Å². The molecule has 3 nitrogen and oxygen atoms in total. The fourth-order valence-corrected chi connectivity index (χ4v) is 2.33. The van der Waals surface area contributed by atoms with Gasteiger partial charge in [-0.2, -0.15) is 5.26 Å². The topological polar surface area (TPSA) is 42.2 Å². The van der Waals surface area contributed by atoms with Crippen molar-refractivity contribution in [1.82, 2.24) is 0 Å². The number of hydrogen-bond donors (Lipinski definition) is 0. The molecule has 0 amide bonds. The monoisotopic (exact) mass is 229 g/mol. The van der Waals surface area contributed by atoms with Gasteiger partial charge in [0, 0.05) is 5.41 Å². The van der Waals surface area contributed by atoms with Crippen molar-refractivity contribution < 1.29 is 9.78 Å². The Morgan fingerprint density at radius 1 is 1.41 bits per heavy atom. The van der Waals surface area contributed by atoms with E-state index in [0.717, 1.165) is 18.4 Å². The second-order valence-electron chi connectivity index (χ2n) is 4.26. The quantitative estimate of drug-likeness (QED) is 0.591. The van der Waals surface area contributed by atoms with Gasteiger partial charge in [0.2, 0.25) is 0 Å². The summed E-state index contributed by atoms with van der Waals surface area (Å²) in [5.74, 6) is 0. The molecule has 2 rings (SSSR count). The summed E-state index contributed by atoms with van der Waals surface area (Å²) < 4.78 is 0. The first-order chi connectivity index (χ1) is 8.32. The Kier molecular flexibility index (Phi) is 3.58. The van der Waals surface area contributed by atoms with Crippen LogP contribution in [0.1, 0.15) is 24.0 Å². The number of allylic oxidation sites excluding steroid dienone is 1. The normalized spacial score (nSPS) is 23.9. The van der Waals surface area contributed by atoms with E-state index in [1.165, 1.54) is 0 Å². The zero-order valence-corrected chi connectivity index (χ0v) is 9.69. The molecule has 3 heteroatoms. The van der Waals surface area contributed by atoms with Crippen molar-refractivity contribution in [3.63, 3.8) is 0 Å². The van der Waals surface area contributed by atoms with Gasteiger partial charge in [0.25, 0.3) is 0 Å². The lowest BCUT2D eigenvalue weighted by Gasteiger charge is -2.36. The smallest absolute Gasteiger partial charge is 0.0994 e. The lowest BCUT2D eigenvalue weighted by molar-refractivity contribution is -0.328. The Morgan fingerprint density at radius 2 is 2.24 bits per heavy atom. The molecule has 1 atom stereocenters. The molecule has 1 fully saturated rings. The van der Waals surface area contributed by atoms with Gasteiger partial charge in [0.15, 0.2) is 0 Å². The van der Waals surface area contributed by atoms with E-state index in [1.54, 1.807) is 0 Å².